The van der Waals surface area contributed by atoms with E-state index >= 15 is 0 Å². The van der Waals surface area contributed by atoms with Gasteiger partial charge in [-0.3, -0.25) is 4.79 Å². The Morgan fingerprint density at radius 1 is 1.24 bits per heavy atom. The number of amides is 2. The second-order valence-corrected chi connectivity index (χ2v) is 6.74. The van der Waals surface area contributed by atoms with Crippen LogP contribution in [0, 0.1) is 17.8 Å². The summed E-state index contributed by atoms with van der Waals surface area (Å²) in [4.78, 5) is 25.7. The first-order chi connectivity index (χ1) is 9.99. The van der Waals surface area contributed by atoms with E-state index in [2.05, 4.69) is 5.32 Å². The molecule has 1 saturated heterocycles. The third kappa shape index (κ3) is 4.90. The van der Waals surface area contributed by atoms with Crippen LogP contribution < -0.4 is 5.32 Å². The van der Waals surface area contributed by atoms with Gasteiger partial charge in [0.25, 0.3) is 0 Å². The molecule has 1 saturated carbocycles. The third-order valence-electron chi connectivity index (χ3n) is 4.30. The van der Waals surface area contributed by atoms with E-state index in [1.807, 2.05) is 20.8 Å². The normalized spacial score (nSPS) is 25.8. The van der Waals surface area contributed by atoms with Gasteiger partial charge in [-0.15, -0.1) is 0 Å². The minimum atomic E-state index is -0.248. The molecule has 5 nitrogen and oxygen atoms in total. The predicted molar refractivity (Wildman–Crippen MR) is 80.8 cm³/mol. The summed E-state index contributed by atoms with van der Waals surface area (Å²) in [5.74, 6) is 1.35. The van der Waals surface area contributed by atoms with Gasteiger partial charge in [0.1, 0.15) is 0 Å². The molecular formula is C16H28N2O3. The number of ether oxygens (including phenoxy) is 1. The lowest BCUT2D eigenvalue weighted by Crippen LogP contribution is -2.53. The molecule has 2 fully saturated rings. The van der Waals surface area contributed by atoms with Gasteiger partial charge in [0.15, 0.2) is 0 Å². The lowest BCUT2D eigenvalue weighted by molar-refractivity contribution is -0.125. The van der Waals surface area contributed by atoms with Gasteiger partial charge in [0, 0.05) is 25.0 Å². The summed E-state index contributed by atoms with van der Waals surface area (Å²) in [6.07, 6.45) is 4.54. The van der Waals surface area contributed by atoms with E-state index in [-0.39, 0.29) is 24.0 Å². The Morgan fingerprint density at radius 3 is 2.52 bits per heavy atom. The zero-order valence-electron chi connectivity index (χ0n) is 13.4. The number of likely N-dealkylation sites (tertiary alicyclic amines) is 1. The van der Waals surface area contributed by atoms with Gasteiger partial charge in [0.05, 0.1) is 6.61 Å². The van der Waals surface area contributed by atoms with Crippen LogP contribution in [0.25, 0.3) is 0 Å². The molecule has 2 atom stereocenters. The van der Waals surface area contributed by atoms with Crippen LogP contribution in [0.1, 0.15) is 46.5 Å². The summed E-state index contributed by atoms with van der Waals surface area (Å²) in [6.45, 7) is 7.33. The highest BCUT2D eigenvalue weighted by atomic mass is 16.6. The van der Waals surface area contributed by atoms with Crippen LogP contribution in [0.5, 0.6) is 0 Å². The number of rotatable bonds is 5. The minimum Gasteiger partial charge on any atom is -0.450 e. The van der Waals surface area contributed by atoms with Crippen molar-refractivity contribution in [1.29, 1.82) is 0 Å². The molecule has 0 spiro atoms. The number of nitrogens with one attached hydrogen (secondary N) is 1. The molecule has 21 heavy (non-hydrogen) atoms. The quantitative estimate of drug-likeness (QED) is 0.847. The van der Waals surface area contributed by atoms with Crippen LogP contribution in [-0.4, -0.2) is 42.6 Å². The van der Waals surface area contributed by atoms with E-state index < -0.39 is 0 Å². The molecule has 0 aromatic carbocycles. The number of hydrogen-bond donors (Lipinski definition) is 1. The minimum absolute atomic E-state index is 0.0233. The first kappa shape index (κ1) is 16.1. The van der Waals surface area contributed by atoms with Crippen LogP contribution in [0.2, 0.25) is 0 Å². The van der Waals surface area contributed by atoms with Crippen LogP contribution in [0.4, 0.5) is 4.79 Å². The summed E-state index contributed by atoms with van der Waals surface area (Å²) in [6, 6.07) is 0.0572. The van der Waals surface area contributed by atoms with Crippen LogP contribution in [0.3, 0.4) is 0 Å². The number of piperidine rings is 1. The molecule has 1 aliphatic carbocycles. The zero-order valence-corrected chi connectivity index (χ0v) is 13.4. The van der Waals surface area contributed by atoms with Gasteiger partial charge >= 0.3 is 6.09 Å². The topological polar surface area (TPSA) is 58.6 Å². The van der Waals surface area contributed by atoms with Gasteiger partial charge in [0.2, 0.25) is 5.91 Å². The van der Waals surface area contributed by atoms with E-state index in [4.69, 9.17) is 4.74 Å². The number of carbonyl (C=O) groups is 2. The standard InChI is InChI=1S/C16H28N2O3/c1-4-21-16(20)18-9-13(7-12-5-6-12)8-14(10-18)17-15(19)11(2)3/h11-14H,4-10H2,1-3H3,(H,17,19). The maximum absolute atomic E-state index is 12.0. The zero-order chi connectivity index (χ0) is 15.4. The maximum Gasteiger partial charge on any atom is 0.409 e. The molecule has 120 valence electrons. The van der Waals surface area contributed by atoms with Crippen LogP contribution in [0.15, 0.2) is 0 Å². The molecule has 1 aliphatic heterocycles. The fourth-order valence-corrected chi connectivity index (χ4v) is 3.04. The molecule has 1 N–H and O–H groups in total. The van der Waals surface area contributed by atoms with Crippen molar-refractivity contribution in [3.05, 3.63) is 0 Å². The second-order valence-electron chi connectivity index (χ2n) is 6.74. The third-order valence-corrected chi connectivity index (χ3v) is 4.30. The summed E-state index contributed by atoms with van der Waals surface area (Å²) in [7, 11) is 0. The van der Waals surface area contributed by atoms with Crippen LogP contribution >= 0.6 is 0 Å². The van der Waals surface area contributed by atoms with Crippen molar-refractivity contribution in [3.63, 3.8) is 0 Å². The Morgan fingerprint density at radius 2 is 1.95 bits per heavy atom. The highest BCUT2D eigenvalue weighted by molar-refractivity contribution is 5.78. The van der Waals surface area contributed by atoms with Crippen LogP contribution in [-0.2, 0) is 9.53 Å². The molecule has 2 amide bonds. The Bertz CT molecular complexity index is 380. The smallest absolute Gasteiger partial charge is 0.409 e. The molecular weight excluding hydrogens is 268 g/mol. The van der Waals surface area contributed by atoms with E-state index in [1.54, 1.807) is 4.90 Å². The lowest BCUT2D eigenvalue weighted by Gasteiger charge is -2.37. The molecule has 2 rings (SSSR count). The molecule has 0 radical (unpaired) electrons. The highest BCUT2D eigenvalue weighted by Gasteiger charge is 2.35. The Kier molecular flexibility index (Phi) is 5.48. The van der Waals surface area contributed by atoms with Crippen molar-refractivity contribution in [2.45, 2.75) is 52.5 Å². The average Bonchev–Trinajstić information content (AvgIpc) is 3.22. The predicted octanol–water partition coefficient (Wildman–Crippen LogP) is 2.41. The highest BCUT2D eigenvalue weighted by Crippen LogP contribution is 2.37. The molecule has 0 aromatic heterocycles. The second kappa shape index (κ2) is 7.14. The summed E-state index contributed by atoms with van der Waals surface area (Å²) in [5.41, 5.74) is 0. The summed E-state index contributed by atoms with van der Waals surface area (Å²) >= 11 is 0. The molecule has 0 bridgehead atoms. The SMILES string of the molecule is CCOC(=O)N1CC(CC2CC2)CC(NC(=O)C(C)C)C1. The van der Waals surface area contributed by atoms with Gasteiger partial charge in [-0.2, -0.15) is 0 Å². The monoisotopic (exact) mass is 296 g/mol. The van der Waals surface area contributed by atoms with Crippen molar-refractivity contribution in [2.24, 2.45) is 17.8 Å². The van der Waals surface area contributed by atoms with E-state index in [0.717, 1.165) is 18.9 Å². The largest absolute Gasteiger partial charge is 0.450 e. The first-order valence-electron chi connectivity index (χ1n) is 8.21. The number of hydrogen-bond acceptors (Lipinski definition) is 3. The van der Waals surface area contributed by atoms with Crippen molar-refractivity contribution < 1.29 is 14.3 Å². The Balaban J connectivity index is 1.94. The molecule has 1 heterocycles. The Labute approximate surface area is 127 Å². The number of nitrogens with zero attached hydrogens (tertiary/aromatic N) is 1. The number of carbonyl (C=O) groups excluding carboxylic acids is 2. The van der Waals surface area contributed by atoms with Gasteiger partial charge in [-0.25, -0.2) is 4.79 Å². The molecule has 2 unspecified atom stereocenters. The van der Waals surface area contributed by atoms with Crippen molar-refractivity contribution in [2.75, 3.05) is 19.7 Å². The fraction of sp³-hybridized carbons (Fsp3) is 0.875. The van der Waals surface area contributed by atoms with E-state index in [9.17, 15) is 9.59 Å². The van der Waals surface area contributed by atoms with Crippen molar-refractivity contribution in [3.8, 4) is 0 Å². The van der Waals surface area contributed by atoms with Crippen molar-refractivity contribution >= 4 is 12.0 Å². The van der Waals surface area contributed by atoms with Gasteiger partial charge in [-0.1, -0.05) is 26.7 Å². The van der Waals surface area contributed by atoms with Gasteiger partial charge < -0.3 is 15.0 Å². The first-order valence-corrected chi connectivity index (χ1v) is 8.21. The van der Waals surface area contributed by atoms with Gasteiger partial charge in [-0.05, 0) is 31.6 Å². The molecule has 5 heteroatoms. The van der Waals surface area contributed by atoms with Crippen molar-refractivity contribution in [1.82, 2.24) is 10.2 Å². The van der Waals surface area contributed by atoms with E-state index in [1.165, 1.54) is 19.3 Å². The van der Waals surface area contributed by atoms with E-state index in [0.29, 0.717) is 19.1 Å². The lowest BCUT2D eigenvalue weighted by atomic mass is 9.89. The summed E-state index contributed by atoms with van der Waals surface area (Å²) < 4.78 is 5.13. The molecule has 2 aliphatic rings. The molecule has 0 aromatic rings. The summed E-state index contributed by atoms with van der Waals surface area (Å²) in [5, 5.41) is 3.08. The fourth-order valence-electron chi connectivity index (χ4n) is 3.04. The maximum atomic E-state index is 12.0. The Hall–Kier alpha value is -1.26. The average molecular weight is 296 g/mol.